The van der Waals surface area contributed by atoms with Crippen molar-refractivity contribution in [1.29, 1.82) is 0 Å². The quantitative estimate of drug-likeness (QED) is 0.769. The first kappa shape index (κ1) is 12.0. The minimum atomic E-state index is -1.33. The number of benzene rings is 1. The number of hydrogen-bond donors (Lipinski definition) is 1. The molecule has 1 aromatic carbocycles. The predicted molar refractivity (Wildman–Crippen MR) is 64.4 cm³/mol. The Labute approximate surface area is 102 Å². The summed E-state index contributed by atoms with van der Waals surface area (Å²) in [5, 5.41) is 2.22. The Bertz CT molecular complexity index is 543. The highest BCUT2D eigenvalue weighted by Gasteiger charge is 2.33. The Kier molecular flexibility index (Phi) is 2.66. The molecule has 4 nitrogen and oxygen atoms in total. The zero-order valence-corrected chi connectivity index (χ0v) is 10.7. The largest absolute Gasteiger partial charge is 0.288 e. The maximum absolute atomic E-state index is 12.3. The van der Waals surface area contributed by atoms with E-state index in [4.69, 9.17) is 0 Å². The molecule has 1 aromatic rings. The standard InChI is InChI=1S/C12H13NO3S/c1-12(2,3)17(16)8-6-4-5-7-9(8)11(15)13-10(7)14/h4-6H,1-3H3,(H,13,14,15)/t17-/m0/s1. The minimum absolute atomic E-state index is 0.255. The normalized spacial score (nSPS) is 16.6. The van der Waals surface area contributed by atoms with E-state index in [9.17, 15) is 13.8 Å². The first-order chi connectivity index (χ1) is 7.82. The van der Waals surface area contributed by atoms with Crippen LogP contribution in [0, 0.1) is 0 Å². The van der Waals surface area contributed by atoms with Gasteiger partial charge in [-0.15, -0.1) is 0 Å². The fourth-order valence-electron chi connectivity index (χ4n) is 1.67. The van der Waals surface area contributed by atoms with Crippen LogP contribution in [0.3, 0.4) is 0 Å². The molecule has 90 valence electrons. The Morgan fingerprint density at radius 2 is 1.76 bits per heavy atom. The van der Waals surface area contributed by atoms with Crippen molar-refractivity contribution < 1.29 is 13.8 Å². The molecule has 0 fully saturated rings. The van der Waals surface area contributed by atoms with Gasteiger partial charge >= 0.3 is 0 Å². The zero-order valence-electron chi connectivity index (χ0n) is 9.87. The summed E-state index contributed by atoms with van der Waals surface area (Å²) in [6.45, 7) is 5.49. The number of hydrogen-bond acceptors (Lipinski definition) is 3. The molecule has 2 amide bonds. The van der Waals surface area contributed by atoms with E-state index in [0.717, 1.165) is 0 Å². The van der Waals surface area contributed by atoms with Crippen LogP contribution in [0.15, 0.2) is 23.1 Å². The Morgan fingerprint density at radius 3 is 2.35 bits per heavy atom. The van der Waals surface area contributed by atoms with E-state index in [2.05, 4.69) is 5.32 Å². The van der Waals surface area contributed by atoms with E-state index in [-0.39, 0.29) is 5.56 Å². The highest BCUT2D eigenvalue weighted by molar-refractivity contribution is 7.86. The third kappa shape index (κ3) is 1.91. The van der Waals surface area contributed by atoms with E-state index in [1.54, 1.807) is 18.2 Å². The van der Waals surface area contributed by atoms with Gasteiger partial charge in [0.2, 0.25) is 0 Å². The van der Waals surface area contributed by atoms with E-state index in [1.807, 2.05) is 20.8 Å². The number of carbonyl (C=O) groups is 2. The summed E-state index contributed by atoms with van der Waals surface area (Å²) in [4.78, 5) is 23.6. The number of nitrogens with one attached hydrogen (secondary N) is 1. The number of amides is 2. The van der Waals surface area contributed by atoms with E-state index < -0.39 is 27.4 Å². The molecule has 0 radical (unpaired) electrons. The summed E-state index contributed by atoms with van der Waals surface area (Å²) in [6.07, 6.45) is 0. The molecule has 1 aliphatic rings. The third-order valence-electron chi connectivity index (χ3n) is 2.48. The SMILES string of the molecule is CC(C)(C)[S@@](=O)c1cccc2c1C(=O)NC2=O. The van der Waals surface area contributed by atoms with Crippen molar-refractivity contribution in [3.05, 3.63) is 29.3 Å². The zero-order chi connectivity index (χ0) is 12.8. The number of carbonyl (C=O) groups excluding carboxylic acids is 2. The van der Waals surface area contributed by atoms with Crippen molar-refractivity contribution >= 4 is 22.6 Å². The highest BCUT2D eigenvalue weighted by Crippen LogP contribution is 2.28. The van der Waals surface area contributed by atoms with E-state index >= 15 is 0 Å². The maximum Gasteiger partial charge on any atom is 0.260 e. The van der Waals surface area contributed by atoms with Crippen LogP contribution in [0.4, 0.5) is 0 Å². The molecule has 1 atom stereocenters. The van der Waals surface area contributed by atoms with Gasteiger partial charge in [0.05, 0.1) is 26.8 Å². The summed E-state index contributed by atoms with van der Waals surface area (Å²) >= 11 is 0. The molecule has 0 saturated heterocycles. The minimum Gasteiger partial charge on any atom is -0.288 e. The van der Waals surface area contributed by atoms with Gasteiger partial charge in [-0.2, -0.15) is 0 Å². The monoisotopic (exact) mass is 251 g/mol. The molecular weight excluding hydrogens is 238 g/mol. The molecule has 0 aliphatic carbocycles. The number of fused-ring (bicyclic) bond motifs is 1. The lowest BCUT2D eigenvalue weighted by atomic mass is 10.1. The van der Waals surface area contributed by atoms with Gasteiger partial charge in [0, 0.05) is 4.75 Å². The summed E-state index contributed by atoms with van der Waals surface area (Å²) in [5.41, 5.74) is 0.566. The molecule has 0 unspecified atom stereocenters. The molecule has 5 heteroatoms. The van der Waals surface area contributed by atoms with Crippen molar-refractivity contribution in [2.24, 2.45) is 0 Å². The average Bonchev–Trinajstić information content (AvgIpc) is 2.53. The molecule has 0 bridgehead atoms. The molecule has 1 N–H and O–H groups in total. The van der Waals surface area contributed by atoms with Gasteiger partial charge in [-0.25, -0.2) is 0 Å². The second-order valence-electron chi connectivity index (χ2n) is 4.84. The number of rotatable bonds is 1. The van der Waals surface area contributed by atoms with Crippen LogP contribution >= 0.6 is 0 Å². The molecule has 2 rings (SSSR count). The van der Waals surface area contributed by atoms with Gasteiger partial charge < -0.3 is 0 Å². The van der Waals surface area contributed by atoms with Crippen LogP contribution in [0.1, 0.15) is 41.5 Å². The summed E-state index contributed by atoms with van der Waals surface area (Å²) in [7, 11) is -1.33. The van der Waals surface area contributed by atoms with Crippen LogP contribution in [-0.2, 0) is 10.8 Å². The van der Waals surface area contributed by atoms with Gasteiger partial charge in [0.25, 0.3) is 11.8 Å². The number of imide groups is 1. The van der Waals surface area contributed by atoms with Crippen molar-refractivity contribution in [2.45, 2.75) is 30.4 Å². The van der Waals surface area contributed by atoms with Crippen LogP contribution in [0.25, 0.3) is 0 Å². The summed E-state index contributed by atoms with van der Waals surface area (Å²) in [6, 6.07) is 4.85. The lowest BCUT2D eigenvalue weighted by Crippen LogP contribution is -2.24. The van der Waals surface area contributed by atoms with Gasteiger partial charge in [-0.1, -0.05) is 6.07 Å². The van der Waals surface area contributed by atoms with Crippen molar-refractivity contribution in [3.63, 3.8) is 0 Å². The topological polar surface area (TPSA) is 63.2 Å². The van der Waals surface area contributed by atoms with E-state index in [0.29, 0.717) is 10.5 Å². The summed E-state index contributed by atoms with van der Waals surface area (Å²) < 4.78 is 11.8. The lowest BCUT2D eigenvalue weighted by molar-refractivity contribution is 0.0878. The van der Waals surface area contributed by atoms with Gasteiger partial charge in [-0.05, 0) is 32.9 Å². The predicted octanol–water partition coefficient (Wildman–Crippen LogP) is 1.48. The van der Waals surface area contributed by atoms with Gasteiger partial charge in [0.15, 0.2) is 0 Å². The first-order valence-electron chi connectivity index (χ1n) is 5.23. The fourth-order valence-corrected chi connectivity index (χ4v) is 2.92. The lowest BCUT2D eigenvalue weighted by Gasteiger charge is -2.18. The van der Waals surface area contributed by atoms with Crippen LogP contribution in [-0.4, -0.2) is 20.8 Å². The van der Waals surface area contributed by atoms with Crippen molar-refractivity contribution in [3.8, 4) is 0 Å². The second-order valence-corrected chi connectivity index (χ2v) is 7.05. The smallest absolute Gasteiger partial charge is 0.260 e. The van der Waals surface area contributed by atoms with Crippen LogP contribution in [0.5, 0.6) is 0 Å². The molecule has 0 saturated carbocycles. The Hall–Kier alpha value is -1.49. The van der Waals surface area contributed by atoms with Gasteiger partial charge in [-0.3, -0.25) is 19.1 Å². The molecule has 17 heavy (non-hydrogen) atoms. The Balaban J connectivity index is 2.63. The Morgan fingerprint density at radius 1 is 1.12 bits per heavy atom. The second kappa shape index (κ2) is 3.77. The molecule has 0 aromatic heterocycles. The molecule has 1 heterocycles. The average molecular weight is 251 g/mol. The maximum atomic E-state index is 12.3. The molecule has 1 aliphatic heterocycles. The highest BCUT2D eigenvalue weighted by atomic mass is 32.2. The summed E-state index contributed by atoms with van der Waals surface area (Å²) in [5.74, 6) is -0.879. The van der Waals surface area contributed by atoms with Crippen molar-refractivity contribution in [2.75, 3.05) is 0 Å². The molecular formula is C12H13NO3S. The van der Waals surface area contributed by atoms with Crippen LogP contribution < -0.4 is 5.32 Å². The first-order valence-corrected chi connectivity index (χ1v) is 6.38. The van der Waals surface area contributed by atoms with Crippen LogP contribution in [0.2, 0.25) is 0 Å². The molecule has 0 spiro atoms. The van der Waals surface area contributed by atoms with Gasteiger partial charge in [0.1, 0.15) is 0 Å². The van der Waals surface area contributed by atoms with Crippen molar-refractivity contribution in [1.82, 2.24) is 5.32 Å². The third-order valence-corrected chi connectivity index (χ3v) is 4.33. The van der Waals surface area contributed by atoms with E-state index in [1.165, 1.54) is 0 Å². The fraction of sp³-hybridized carbons (Fsp3) is 0.333.